The van der Waals surface area contributed by atoms with E-state index in [4.69, 9.17) is 23.7 Å². The first-order chi connectivity index (χ1) is 22.9. The molecule has 2 aliphatic heterocycles. The number of nitrogens with one attached hydrogen (secondary N) is 1. The summed E-state index contributed by atoms with van der Waals surface area (Å²) >= 11 is 0. The number of carbonyl (C=O) groups excluding carboxylic acids is 4. The van der Waals surface area contributed by atoms with Gasteiger partial charge in [0.15, 0.2) is 0 Å². The molecule has 7 aliphatic rings. The van der Waals surface area contributed by atoms with Gasteiger partial charge in [0, 0.05) is 70.4 Å². The summed E-state index contributed by atoms with van der Waals surface area (Å²) in [6, 6.07) is 5.38. The lowest BCUT2D eigenvalue weighted by atomic mass is 9.43. The molecular weight excluding hydrogens is 624 g/mol. The third-order valence-electron chi connectivity index (χ3n) is 13.9. The van der Waals surface area contributed by atoms with Crippen molar-refractivity contribution in [3.05, 3.63) is 29.8 Å². The second-order valence-corrected chi connectivity index (χ2v) is 15.2. The lowest BCUT2D eigenvalue weighted by molar-refractivity contribution is -0.299. The van der Waals surface area contributed by atoms with Crippen molar-refractivity contribution in [2.45, 2.75) is 80.7 Å². The summed E-state index contributed by atoms with van der Waals surface area (Å²) in [4.78, 5) is 55.1. The molecule has 14 atom stereocenters. The van der Waals surface area contributed by atoms with Crippen LogP contribution in [0.3, 0.4) is 0 Å². The molecule has 2 unspecified atom stereocenters. The topological polar surface area (TPSA) is 170 Å². The zero-order chi connectivity index (χ0) is 34.1. The molecule has 48 heavy (non-hydrogen) atoms. The maximum absolute atomic E-state index is 14.5. The average molecular weight is 669 g/mol. The Bertz CT molecular complexity index is 1590. The van der Waals surface area contributed by atoms with E-state index in [1.54, 1.807) is 40.4 Å². The Morgan fingerprint density at radius 3 is 2.44 bits per heavy atom. The van der Waals surface area contributed by atoms with Crippen LogP contribution in [-0.2, 0) is 38.1 Å². The second-order valence-electron chi connectivity index (χ2n) is 15.2. The molecular formula is C35H44N2O11. The van der Waals surface area contributed by atoms with E-state index in [1.807, 2.05) is 0 Å². The van der Waals surface area contributed by atoms with Gasteiger partial charge >= 0.3 is 5.97 Å². The Hall–Kier alpha value is -2.94. The highest BCUT2D eigenvalue weighted by Crippen LogP contribution is 2.79. The number of methoxy groups -OCH3 is 4. The number of rotatable bonds is 8. The number of imide groups is 1. The minimum absolute atomic E-state index is 0.0298. The number of benzene rings is 1. The molecule has 13 heteroatoms. The quantitative estimate of drug-likeness (QED) is 0.265. The monoisotopic (exact) mass is 668 g/mol. The van der Waals surface area contributed by atoms with Crippen molar-refractivity contribution in [1.82, 2.24) is 5.32 Å². The normalized spacial score (nSPS) is 48.1. The summed E-state index contributed by atoms with van der Waals surface area (Å²) in [7, 11) is 6.33. The van der Waals surface area contributed by atoms with Crippen molar-refractivity contribution < 1.29 is 53.1 Å². The van der Waals surface area contributed by atoms with Crippen molar-refractivity contribution in [1.29, 1.82) is 0 Å². The number of hydrogen-bond acceptors (Lipinski definition) is 11. The predicted molar refractivity (Wildman–Crippen MR) is 165 cm³/mol. The fourth-order valence-corrected chi connectivity index (χ4v) is 12.3. The predicted octanol–water partition coefficient (Wildman–Crippen LogP) is 0.829. The number of carbonyl (C=O) groups is 4. The molecule has 5 aliphatic carbocycles. The Morgan fingerprint density at radius 1 is 1.04 bits per heavy atom. The number of aliphatic hydroxyl groups is 2. The highest BCUT2D eigenvalue weighted by molar-refractivity contribution is 6.22. The molecule has 0 radical (unpaired) electrons. The van der Waals surface area contributed by atoms with Crippen LogP contribution in [0.15, 0.2) is 24.3 Å². The molecule has 3 N–H and O–H groups in total. The minimum atomic E-state index is -1.95. The van der Waals surface area contributed by atoms with Gasteiger partial charge in [-0.15, -0.1) is 0 Å². The highest BCUT2D eigenvalue weighted by Gasteiger charge is 2.92. The molecule has 0 aromatic heterocycles. The maximum atomic E-state index is 14.5. The third-order valence-corrected chi connectivity index (χ3v) is 13.9. The standard InChI is InChI=1S/C35H44N2O11/c1-16-12-23(38)37(28(16)39)20-9-7-6-8-17(20)29(40)48-15-32-11-10-22(45-3)34-19-13-18-21(44-2)14-33(42,24(19)25(18)46-4)35(43,27(47-5)26(32)34)30(34)36-31(32)41/h6-9,16,18-19,21-22,24-27,30,42-43H,10-15H2,1-5H3,(H,36,41)/t16?,18-,19-,21+,22+,24-,25+,26-,27+,30?,32+,33-,34+,35-/m1/s1. The Balaban J connectivity index is 1.22. The van der Waals surface area contributed by atoms with Crippen LogP contribution in [0.2, 0.25) is 0 Å². The van der Waals surface area contributed by atoms with E-state index in [0.29, 0.717) is 12.8 Å². The molecule has 1 spiro atoms. The van der Waals surface area contributed by atoms with Gasteiger partial charge in [-0.2, -0.15) is 0 Å². The average Bonchev–Trinajstić information content (AvgIpc) is 3.60. The number of para-hydroxylation sites is 1. The number of ether oxygens (including phenoxy) is 5. The molecule has 2 saturated heterocycles. The SMILES string of the molecule is CO[C@H]1[C@@H]2C[C@@H]3[C@H]1[C@](O)(C[C@@H]2OC)[C@]1(O)C2NC(=O)[C@]4(COC(=O)c5ccccc5N5C(=O)CC(C)C5=O)CC[C@H](OC)[C@@]23[C@@H]4[C@@H]1OC. The summed E-state index contributed by atoms with van der Waals surface area (Å²) in [5.41, 5.74) is -5.75. The van der Waals surface area contributed by atoms with E-state index in [-0.39, 0.29) is 61.0 Å². The summed E-state index contributed by atoms with van der Waals surface area (Å²) in [6.45, 7) is 1.32. The van der Waals surface area contributed by atoms with Gasteiger partial charge in [-0.25, -0.2) is 9.69 Å². The van der Waals surface area contributed by atoms with Crippen molar-refractivity contribution in [2.75, 3.05) is 39.9 Å². The zero-order valence-electron chi connectivity index (χ0n) is 27.8. The molecule has 7 fully saturated rings. The van der Waals surface area contributed by atoms with E-state index >= 15 is 0 Å². The number of hydrogen-bond donors (Lipinski definition) is 3. The van der Waals surface area contributed by atoms with Crippen molar-refractivity contribution in [3.63, 3.8) is 0 Å². The number of anilines is 1. The van der Waals surface area contributed by atoms with Crippen LogP contribution in [0.4, 0.5) is 5.69 Å². The van der Waals surface area contributed by atoms with Gasteiger partial charge in [-0.3, -0.25) is 14.4 Å². The van der Waals surface area contributed by atoms with Gasteiger partial charge in [0.25, 0.3) is 0 Å². The highest BCUT2D eigenvalue weighted by atomic mass is 16.5. The Kier molecular flexibility index (Phi) is 7.08. The minimum Gasteiger partial charge on any atom is -0.461 e. The largest absolute Gasteiger partial charge is 0.461 e. The van der Waals surface area contributed by atoms with Crippen molar-refractivity contribution in [3.8, 4) is 0 Å². The fraction of sp³-hybridized carbons (Fsp3) is 0.714. The zero-order valence-corrected chi connectivity index (χ0v) is 27.8. The Labute approximate surface area is 278 Å². The lowest BCUT2D eigenvalue weighted by Gasteiger charge is -2.67. The van der Waals surface area contributed by atoms with Crippen LogP contribution in [0.1, 0.15) is 49.4 Å². The first-order valence-corrected chi connectivity index (χ1v) is 16.9. The molecule has 2 heterocycles. The van der Waals surface area contributed by atoms with Gasteiger partial charge < -0.3 is 39.2 Å². The first kappa shape index (κ1) is 32.3. The van der Waals surface area contributed by atoms with Crippen LogP contribution in [0, 0.1) is 40.4 Å². The fourth-order valence-electron chi connectivity index (χ4n) is 12.3. The number of esters is 1. The van der Waals surface area contributed by atoms with Crippen LogP contribution in [0.5, 0.6) is 0 Å². The molecule has 1 aromatic carbocycles. The smallest absolute Gasteiger partial charge is 0.340 e. The van der Waals surface area contributed by atoms with E-state index in [1.165, 1.54) is 19.2 Å². The van der Waals surface area contributed by atoms with Crippen LogP contribution >= 0.6 is 0 Å². The van der Waals surface area contributed by atoms with Crippen molar-refractivity contribution in [2.24, 2.45) is 40.4 Å². The van der Waals surface area contributed by atoms with Gasteiger partial charge in [0.1, 0.15) is 17.8 Å². The molecule has 7 bridgehead atoms. The molecule has 5 saturated carbocycles. The van der Waals surface area contributed by atoms with Crippen molar-refractivity contribution >= 4 is 29.4 Å². The molecule has 3 amide bonds. The van der Waals surface area contributed by atoms with E-state index in [2.05, 4.69) is 5.32 Å². The molecule has 1 aromatic rings. The summed E-state index contributed by atoms with van der Waals surface area (Å²) in [6.07, 6.45) is -0.706. The van der Waals surface area contributed by atoms with Crippen LogP contribution < -0.4 is 10.2 Å². The summed E-state index contributed by atoms with van der Waals surface area (Å²) in [5, 5.41) is 29.1. The van der Waals surface area contributed by atoms with Gasteiger partial charge in [0.2, 0.25) is 17.7 Å². The van der Waals surface area contributed by atoms with E-state index in [0.717, 1.165) is 4.90 Å². The summed E-state index contributed by atoms with van der Waals surface area (Å²) < 4.78 is 30.5. The van der Waals surface area contributed by atoms with Gasteiger partial charge in [-0.05, 0) is 37.3 Å². The summed E-state index contributed by atoms with van der Waals surface area (Å²) in [5.74, 6) is -3.95. The number of amides is 3. The maximum Gasteiger partial charge on any atom is 0.340 e. The number of fused-ring (bicyclic) bond motifs is 2. The van der Waals surface area contributed by atoms with Crippen LogP contribution in [0.25, 0.3) is 0 Å². The van der Waals surface area contributed by atoms with Crippen LogP contribution in [-0.4, -0.2) is 111 Å². The Morgan fingerprint density at radius 2 is 1.79 bits per heavy atom. The molecule has 13 nitrogen and oxygen atoms in total. The lowest BCUT2D eigenvalue weighted by Crippen LogP contribution is -2.82. The number of piperidine rings is 1. The van der Waals surface area contributed by atoms with Gasteiger partial charge in [0.05, 0.1) is 47.1 Å². The second kappa shape index (κ2) is 10.5. The molecule has 8 rings (SSSR count). The van der Waals surface area contributed by atoms with Gasteiger partial charge in [-0.1, -0.05) is 19.1 Å². The van der Waals surface area contributed by atoms with E-state index < -0.39 is 81.9 Å². The first-order valence-electron chi connectivity index (χ1n) is 16.9. The number of nitrogens with zero attached hydrogens (tertiary/aromatic N) is 1. The van der Waals surface area contributed by atoms with E-state index in [9.17, 15) is 29.4 Å². The third kappa shape index (κ3) is 3.47. The molecule has 260 valence electrons.